The van der Waals surface area contributed by atoms with Gasteiger partial charge in [-0.15, -0.1) is 0 Å². The largest absolute Gasteiger partial charge is 0.356 e. The van der Waals surface area contributed by atoms with E-state index in [9.17, 15) is 0 Å². The van der Waals surface area contributed by atoms with E-state index in [1.807, 2.05) is 6.07 Å². The van der Waals surface area contributed by atoms with E-state index < -0.39 is 0 Å². The molecule has 3 N–H and O–H groups in total. The third kappa shape index (κ3) is 2.56. The molecule has 0 atom stereocenters. The Morgan fingerprint density at radius 1 is 1.13 bits per heavy atom. The van der Waals surface area contributed by atoms with Gasteiger partial charge in [-0.25, -0.2) is 15.8 Å². The van der Waals surface area contributed by atoms with Crippen molar-refractivity contribution in [2.75, 3.05) is 23.4 Å². The third-order valence-corrected chi connectivity index (χ3v) is 2.73. The summed E-state index contributed by atoms with van der Waals surface area (Å²) in [6, 6.07) is 1.89. The molecule has 1 aliphatic rings. The molecule has 0 radical (unpaired) electrons. The number of nitrogens with two attached hydrogens (primary N) is 1. The van der Waals surface area contributed by atoms with Gasteiger partial charge in [-0.2, -0.15) is 0 Å². The molecule has 2 heterocycles. The predicted octanol–water partition coefficient (Wildman–Crippen LogP) is 1.14. The quantitative estimate of drug-likeness (QED) is 0.562. The number of nitrogens with zero attached hydrogens (tertiary/aromatic N) is 3. The molecule has 0 amide bonds. The molecule has 5 nitrogen and oxygen atoms in total. The maximum absolute atomic E-state index is 5.32. The minimum Gasteiger partial charge on any atom is -0.356 e. The fraction of sp³-hybridized carbons (Fsp3) is 0.600. The molecule has 0 aromatic carbocycles. The summed E-state index contributed by atoms with van der Waals surface area (Å²) in [6.45, 7) is 2.17. The Bertz CT molecular complexity index is 306. The summed E-state index contributed by atoms with van der Waals surface area (Å²) in [4.78, 5) is 10.6. The molecule has 0 spiro atoms. The van der Waals surface area contributed by atoms with Crippen LogP contribution in [-0.2, 0) is 0 Å². The van der Waals surface area contributed by atoms with Crippen LogP contribution < -0.4 is 16.2 Å². The minimum absolute atomic E-state index is 0.671. The van der Waals surface area contributed by atoms with Gasteiger partial charge in [0.25, 0.3) is 0 Å². The molecule has 2 rings (SSSR count). The van der Waals surface area contributed by atoms with Crippen LogP contribution in [0.4, 0.5) is 11.6 Å². The van der Waals surface area contributed by atoms with Gasteiger partial charge in [0.05, 0.1) is 0 Å². The summed E-state index contributed by atoms with van der Waals surface area (Å²) >= 11 is 0. The van der Waals surface area contributed by atoms with Crippen LogP contribution in [0.2, 0.25) is 0 Å². The molecular formula is C10H17N5. The van der Waals surface area contributed by atoms with Gasteiger partial charge < -0.3 is 10.3 Å². The Morgan fingerprint density at radius 3 is 2.53 bits per heavy atom. The first-order chi connectivity index (χ1) is 7.40. The van der Waals surface area contributed by atoms with E-state index in [0.29, 0.717) is 5.82 Å². The van der Waals surface area contributed by atoms with Gasteiger partial charge in [-0.05, 0) is 12.8 Å². The van der Waals surface area contributed by atoms with Crippen molar-refractivity contribution in [2.45, 2.75) is 25.7 Å². The number of rotatable bonds is 2. The van der Waals surface area contributed by atoms with Gasteiger partial charge in [0.15, 0.2) is 0 Å². The van der Waals surface area contributed by atoms with Crippen molar-refractivity contribution >= 4 is 11.6 Å². The minimum atomic E-state index is 0.671. The van der Waals surface area contributed by atoms with Crippen LogP contribution in [0.25, 0.3) is 0 Å². The summed E-state index contributed by atoms with van der Waals surface area (Å²) in [6.07, 6.45) is 6.69. The molecule has 1 aliphatic heterocycles. The summed E-state index contributed by atoms with van der Waals surface area (Å²) in [5.74, 6) is 6.96. The molecule has 15 heavy (non-hydrogen) atoms. The molecule has 0 aliphatic carbocycles. The van der Waals surface area contributed by atoms with Gasteiger partial charge in [-0.1, -0.05) is 12.8 Å². The maximum Gasteiger partial charge on any atom is 0.145 e. The number of hydrazine groups is 1. The molecule has 0 saturated carbocycles. The number of aromatic nitrogens is 2. The smallest absolute Gasteiger partial charge is 0.145 e. The van der Waals surface area contributed by atoms with Gasteiger partial charge in [0, 0.05) is 19.2 Å². The van der Waals surface area contributed by atoms with E-state index >= 15 is 0 Å². The molecule has 1 aromatic rings. The molecule has 0 unspecified atom stereocenters. The van der Waals surface area contributed by atoms with Gasteiger partial charge in [0.1, 0.15) is 18.0 Å². The third-order valence-electron chi connectivity index (χ3n) is 2.73. The Hall–Kier alpha value is -1.36. The second kappa shape index (κ2) is 4.93. The summed E-state index contributed by atoms with van der Waals surface area (Å²) in [5.41, 5.74) is 2.54. The van der Waals surface area contributed by atoms with E-state index in [2.05, 4.69) is 20.3 Å². The van der Waals surface area contributed by atoms with Crippen molar-refractivity contribution in [3.63, 3.8) is 0 Å². The Balaban J connectivity index is 2.12. The lowest BCUT2D eigenvalue weighted by Gasteiger charge is -2.21. The first kappa shape index (κ1) is 10.2. The molecule has 1 fully saturated rings. The molecule has 1 aromatic heterocycles. The van der Waals surface area contributed by atoms with Crippen molar-refractivity contribution in [1.82, 2.24) is 9.97 Å². The highest BCUT2D eigenvalue weighted by atomic mass is 15.3. The lowest BCUT2D eigenvalue weighted by atomic mass is 10.2. The number of nitrogen functional groups attached to an aromatic ring is 1. The lowest BCUT2D eigenvalue weighted by Crippen LogP contribution is -2.25. The van der Waals surface area contributed by atoms with Crippen LogP contribution in [0.3, 0.4) is 0 Å². The summed E-state index contributed by atoms with van der Waals surface area (Å²) < 4.78 is 0. The standard InChI is InChI=1S/C10H17N5/c11-14-9-7-10(13-8-12-9)15-5-3-1-2-4-6-15/h7-8H,1-6,11H2,(H,12,13,14). The second-order valence-corrected chi connectivity index (χ2v) is 3.81. The van der Waals surface area contributed by atoms with Gasteiger partial charge >= 0.3 is 0 Å². The van der Waals surface area contributed by atoms with Crippen LogP contribution in [0.1, 0.15) is 25.7 Å². The van der Waals surface area contributed by atoms with Gasteiger partial charge in [-0.3, -0.25) is 0 Å². The highest BCUT2D eigenvalue weighted by Crippen LogP contribution is 2.18. The van der Waals surface area contributed by atoms with E-state index in [-0.39, 0.29) is 0 Å². The first-order valence-electron chi connectivity index (χ1n) is 5.44. The summed E-state index contributed by atoms with van der Waals surface area (Å²) in [5, 5.41) is 0. The van der Waals surface area contributed by atoms with E-state index in [4.69, 9.17) is 5.84 Å². The van der Waals surface area contributed by atoms with Crippen molar-refractivity contribution in [3.05, 3.63) is 12.4 Å². The summed E-state index contributed by atoms with van der Waals surface area (Å²) in [7, 11) is 0. The molecule has 1 saturated heterocycles. The second-order valence-electron chi connectivity index (χ2n) is 3.81. The van der Waals surface area contributed by atoms with E-state index in [1.165, 1.54) is 25.7 Å². The van der Waals surface area contributed by atoms with Crippen LogP contribution in [-0.4, -0.2) is 23.1 Å². The zero-order valence-corrected chi connectivity index (χ0v) is 8.82. The first-order valence-corrected chi connectivity index (χ1v) is 5.44. The van der Waals surface area contributed by atoms with Crippen molar-refractivity contribution < 1.29 is 0 Å². The van der Waals surface area contributed by atoms with E-state index in [1.54, 1.807) is 6.33 Å². The highest BCUT2D eigenvalue weighted by molar-refractivity contribution is 5.47. The maximum atomic E-state index is 5.32. The van der Waals surface area contributed by atoms with Crippen molar-refractivity contribution in [1.29, 1.82) is 0 Å². The fourth-order valence-corrected chi connectivity index (χ4v) is 1.90. The normalized spacial score (nSPS) is 17.3. The highest BCUT2D eigenvalue weighted by Gasteiger charge is 2.11. The van der Waals surface area contributed by atoms with Crippen molar-refractivity contribution in [2.24, 2.45) is 5.84 Å². The lowest BCUT2D eigenvalue weighted by molar-refractivity contribution is 0.726. The average molecular weight is 207 g/mol. The van der Waals surface area contributed by atoms with Crippen LogP contribution in [0, 0.1) is 0 Å². The SMILES string of the molecule is NNc1cc(N2CCCCCC2)ncn1. The van der Waals surface area contributed by atoms with Crippen LogP contribution in [0.15, 0.2) is 12.4 Å². The molecular weight excluding hydrogens is 190 g/mol. The molecule has 82 valence electrons. The Kier molecular flexibility index (Phi) is 3.34. The fourth-order valence-electron chi connectivity index (χ4n) is 1.90. The number of anilines is 2. The van der Waals surface area contributed by atoms with Gasteiger partial charge in [0.2, 0.25) is 0 Å². The number of hydrogen-bond donors (Lipinski definition) is 2. The number of nitrogens with one attached hydrogen (secondary N) is 1. The Labute approximate surface area is 89.7 Å². The molecule has 5 heteroatoms. The predicted molar refractivity (Wildman–Crippen MR) is 60.5 cm³/mol. The van der Waals surface area contributed by atoms with Crippen molar-refractivity contribution in [3.8, 4) is 0 Å². The topological polar surface area (TPSA) is 67.1 Å². The Morgan fingerprint density at radius 2 is 1.87 bits per heavy atom. The zero-order valence-electron chi connectivity index (χ0n) is 8.82. The molecule has 0 bridgehead atoms. The monoisotopic (exact) mass is 207 g/mol. The zero-order chi connectivity index (χ0) is 10.5. The number of hydrogen-bond acceptors (Lipinski definition) is 5. The van der Waals surface area contributed by atoms with Crippen LogP contribution in [0.5, 0.6) is 0 Å². The average Bonchev–Trinajstić information content (AvgIpc) is 2.58. The van der Waals surface area contributed by atoms with E-state index in [0.717, 1.165) is 18.9 Å². The van der Waals surface area contributed by atoms with Crippen LogP contribution >= 0.6 is 0 Å².